The molecule has 3 rings (SSSR count). The van der Waals surface area contributed by atoms with E-state index in [1.165, 1.54) is 31.4 Å². The first-order valence-corrected chi connectivity index (χ1v) is 7.53. The lowest BCUT2D eigenvalue weighted by molar-refractivity contribution is 0.0947. The Morgan fingerprint density at radius 1 is 1.08 bits per heavy atom. The third-order valence-electron chi connectivity index (χ3n) is 3.63. The van der Waals surface area contributed by atoms with Gasteiger partial charge in [-0.25, -0.2) is 8.78 Å². The molecule has 3 aromatic rings. The molecule has 25 heavy (non-hydrogen) atoms. The predicted octanol–water partition coefficient (Wildman–Crippen LogP) is 4.16. The van der Waals surface area contributed by atoms with Crippen molar-refractivity contribution < 1.29 is 22.7 Å². The van der Waals surface area contributed by atoms with Crippen LogP contribution in [0.4, 0.5) is 8.78 Å². The average Bonchev–Trinajstić information content (AvgIpc) is 3.09. The molecular weight excluding hydrogens is 328 g/mol. The summed E-state index contributed by atoms with van der Waals surface area (Å²) < 4.78 is 37.0. The van der Waals surface area contributed by atoms with Crippen LogP contribution in [-0.4, -0.2) is 13.0 Å². The van der Waals surface area contributed by atoms with E-state index in [1.807, 2.05) is 0 Å². The zero-order chi connectivity index (χ0) is 17.8. The molecule has 0 aliphatic rings. The second-order valence-corrected chi connectivity index (χ2v) is 5.30. The lowest BCUT2D eigenvalue weighted by Crippen LogP contribution is -2.22. The summed E-state index contributed by atoms with van der Waals surface area (Å²) in [6.07, 6.45) is 0. The normalized spacial score (nSPS) is 10.5. The monoisotopic (exact) mass is 343 g/mol. The van der Waals surface area contributed by atoms with Crippen molar-refractivity contribution in [3.05, 3.63) is 77.6 Å². The highest BCUT2D eigenvalue weighted by atomic mass is 19.1. The maximum atomic E-state index is 13.6. The van der Waals surface area contributed by atoms with Gasteiger partial charge in [-0.1, -0.05) is 0 Å². The van der Waals surface area contributed by atoms with Gasteiger partial charge in [0.25, 0.3) is 5.91 Å². The fraction of sp³-hybridized carbons (Fsp3) is 0.105. The second-order valence-electron chi connectivity index (χ2n) is 5.30. The Balaban J connectivity index is 1.65. The Bertz CT molecular complexity index is 888. The maximum absolute atomic E-state index is 13.6. The molecule has 0 atom stereocenters. The van der Waals surface area contributed by atoms with Gasteiger partial charge in [0.2, 0.25) is 0 Å². The van der Waals surface area contributed by atoms with E-state index in [9.17, 15) is 13.6 Å². The minimum absolute atomic E-state index is 0.0755. The van der Waals surface area contributed by atoms with Crippen molar-refractivity contribution in [1.82, 2.24) is 5.32 Å². The van der Waals surface area contributed by atoms with Gasteiger partial charge in [-0.15, -0.1) is 0 Å². The molecule has 0 aliphatic carbocycles. The Labute approximate surface area is 143 Å². The van der Waals surface area contributed by atoms with Gasteiger partial charge in [0.05, 0.1) is 13.7 Å². The van der Waals surface area contributed by atoms with Crippen molar-refractivity contribution >= 4 is 5.91 Å². The van der Waals surface area contributed by atoms with Crippen LogP contribution in [0.2, 0.25) is 0 Å². The first-order chi connectivity index (χ1) is 12.1. The van der Waals surface area contributed by atoms with Gasteiger partial charge in [-0.3, -0.25) is 4.79 Å². The van der Waals surface area contributed by atoms with Gasteiger partial charge < -0.3 is 14.5 Å². The topological polar surface area (TPSA) is 51.5 Å². The van der Waals surface area contributed by atoms with E-state index in [1.54, 1.807) is 24.3 Å². The molecule has 0 radical (unpaired) electrons. The van der Waals surface area contributed by atoms with Gasteiger partial charge in [0, 0.05) is 11.1 Å². The van der Waals surface area contributed by atoms with E-state index < -0.39 is 11.7 Å². The number of amides is 1. The summed E-state index contributed by atoms with van der Waals surface area (Å²) in [5, 5.41) is 2.65. The van der Waals surface area contributed by atoms with Crippen molar-refractivity contribution in [2.45, 2.75) is 6.54 Å². The van der Waals surface area contributed by atoms with E-state index in [4.69, 9.17) is 9.15 Å². The summed E-state index contributed by atoms with van der Waals surface area (Å²) >= 11 is 0. The summed E-state index contributed by atoms with van der Waals surface area (Å²) in [7, 11) is 1.35. The molecule has 0 saturated carbocycles. The fourth-order valence-corrected chi connectivity index (χ4v) is 2.32. The molecule has 2 aromatic carbocycles. The number of furan rings is 1. The summed E-state index contributed by atoms with van der Waals surface area (Å²) in [5.74, 6) is -0.185. The summed E-state index contributed by atoms with van der Waals surface area (Å²) in [6.45, 7) is 0.147. The van der Waals surface area contributed by atoms with Crippen LogP contribution in [0.1, 0.15) is 16.1 Å². The molecule has 6 heteroatoms. The molecule has 1 amide bonds. The van der Waals surface area contributed by atoms with Crippen LogP contribution in [0.25, 0.3) is 11.3 Å². The zero-order valence-corrected chi connectivity index (χ0v) is 13.4. The number of halogens is 2. The number of nitrogens with one attached hydrogen (secondary N) is 1. The Kier molecular flexibility index (Phi) is 4.79. The van der Waals surface area contributed by atoms with Gasteiger partial charge in [-0.05, 0) is 54.6 Å². The zero-order valence-electron chi connectivity index (χ0n) is 13.4. The Morgan fingerprint density at radius 3 is 2.52 bits per heavy atom. The molecule has 128 valence electrons. The number of hydrogen-bond acceptors (Lipinski definition) is 3. The van der Waals surface area contributed by atoms with E-state index in [2.05, 4.69) is 5.32 Å². The molecule has 0 unspecified atom stereocenters. The summed E-state index contributed by atoms with van der Waals surface area (Å²) in [4.78, 5) is 12.1. The van der Waals surface area contributed by atoms with Crippen LogP contribution < -0.4 is 10.1 Å². The first kappa shape index (κ1) is 16.7. The SMILES string of the molecule is COc1ccc(C(=O)NCc2ccc(-c3ccc(F)cc3)o2)cc1F. The molecule has 0 spiro atoms. The lowest BCUT2D eigenvalue weighted by atomic mass is 10.2. The van der Waals surface area contributed by atoms with E-state index >= 15 is 0 Å². The van der Waals surface area contributed by atoms with E-state index in [0.717, 1.165) is 11.6 Å². The molecule has 1 heterocycles. The van der Waals surface area contributed by atoms with Crippen LogP contribution in [0.5, 0.6) is 5.75 Å². The average molecular weight is 343 g/mol. The molecule has 4 nitrogen and oxygen atoms in total. The third-order valence-corrected chi connectivity index (χ3v) is 3.63. The number of rotatable bonds is 5. The highest BCUT2D eigenvalue weighted by Crippen LogP contribution is 2.22. The van der Waals surface area contributed by atoms with Crippen LogP contribution in [0.15, 0.2) is 59.0 Å². The van der Waals surface area contributed by atoms with Crippen LogP contribution >= 0.6 is 0 Å². The predicted molar refractivity (Wildman–Crippen MR) is 88.2 cm³/mol. The lowest BCUT2D eigenvalue weighted by Gasteiger charge is -2.06. The third kappa shape index (κ3) is 3.85. The minimum Gasteiger partial charge on any atom is -0.494 e. The van der Waals surface area contributed by atoms with Gasteiger partial charge >= 0.3 is 0 Å². The van der Waals surface area contributed by atoms with Crippen LogP contribution in [-0.2, 0) is 6.54 Å². The molecule has 0 bridgehead atoms. The van der Waals surface area contributed by atoms with Gasteiger partial charge in [0.15, 0.2) is 11.6 Å². The number of carbonyl (C=O) groups is 1. The molecular formula is C19H15F2NO3. The highest BCUT2D eigenvalue weighted by molar-refractivity contribution is 5.94. The fourth-order valence-electron chi connectivity index (χ4n) is 2.32. The Morgan fingerprint density at radius 2 is 1.84 bits per heavy atom. The quantitative estimate of drug-likeness (QED) is 0.757. The minimum atomic E-state index is -0.605. The molecule has 0 fully saturated rings. The van der Waals surface area contributed by atoms with Crippen molar-refractivity contribution in [1.29, 1.82) is 0 Å². The van der Waals surface area contributed by atoms with Crippen LogP contribution in [0.3, 0.4) is 0 Å². The standard InChI is InChI=1S/C19H15F2NO3/c1-24-18-8-4-13(10-16(18)21)19(23)22-11-15-7-9-17(25-15)12-2-5-14(20)6-3-12/h2-10H,11H2,1H3,(H,22,23). The van der Waals surface area contributed by atoms with Crippen molar-refractivity contribution in [3.63, 3.8) is 0 Å². The smallest absolute Gasteiger partial charge is 0.251 e. The summed E-state index contributed by atoms with van der Waals surface area (Å²) in [5.41, 5.74) is 0.916. The Hall–Kier alpha value is -3.15. The number of ether oxygens (including phenoxy) is 1. The largest absolute Gasteiger partial charge is 0.494 e. The molecule has 0 saturated heterocycles. The first-order valence-electron chi connectivity index (χ1n) is 7.53. The maximum Gasteiger partial charge on any atom is 0.251 e. The number of carbonyl (C=O) groups excluding carboxylic acids is 1. The highest BCUT2D eigenvalue weighted by Gasteiger charge is 2.11. The van der Waals surface area contributed by atoms with Crippen LogP contribution in [0, 0.1) is 11.6 Å². The summed E-state index contributed by atoms with van der Waals surface area (Å²) in [6, 6.07) is 13.3. The van der Waals surface area contributed by atoms with Gasteiger partial charge in [0.1, 0.15) is 17.3 Å². The molecule has 1 N–H and O–H groups in total. The number of hydrogen-bond donors (Lipinski definition) is 1. The van der Waals surface area contributed by atoms with Crippen molar-refractivity contribution in [3.8, 4) is 17.1 Å². The molecule has 1 aromatic heterocycles. The molecule has 0 aliphatic heterocycles. The second kappa shape index (κ2) is 7.17. The number of methoxy groups -OCH3 is 1. The number of benzene rings is 2. The van der Waals surface area contributed by atoms with E-state index in [-0.39, 0.29) is 23.7 Å². The van der Waals surface area contributed by atoms with E-state index in [0.29, 0.717) is 11.5 Å². The van der Waals surface area contributed by atoms with Crippen molar-refractivity contribution in [2.24, 2.45) is 0 Å². The van der Waals surface area contributed by atoms with Crippen molar-refractivity contribution in [2.75, 3.05) is 7.11 Å². The van der Waals surface area contributed by atoms with Gasteiger partial charge in [-0.2, -0.15) is 0 Å².